The van der Waals surface area contributed by atoms with Crippen molar-refractivity contribution in [1.29, 1.82) is 0 Å². The van der Waals surface area contributed by atoms with Gasteiger partial charge in [-0.05, 0) is 55.2 Å². The van der Waals surface area contributed by atoms with Crippen LogP contribution in [0.15, 0.2) is 109 Å². The van der Waals surface area contributed by atoms with Crippen LogP contribution in [0.1, 0.15) is 20.7 Å². The van der Waals surface area contributed by atoms with Crippen molar-refractivity contribution in [3.8, 4) is 0 Å². The second-order valence-electron chi connectivity index (χ2n) is 7.96. The maximum Gasteiger partial charge on any atom is 2.00 e. The molecule has 0 N–H and O–H groups in total. The van der Waals surface area contributed by atoms with Crippen LogP contribution in [0.3, 0.4) is 0 Å². The Morgan fingerprint density at radius 3 is 0.886 bits per heavy atom. The van der Waals surface area contributed by atoms with Crippen LogP contribution in [-0.2, 0) is 0 Å². The number of fused-ring (bicyclic) bond motifs is 4. The van der Waals surface area contributed by atoms with Crippen molar-refractivity contribution in [1.82, 2.24) is 0 Å². The summed E-state index contributed by atoms with van der Waals surface area (Å²) in [4.78, 5) is 22.6. The van der Waals surface area contributed by atoms with Gasteiger partial charge in [0.15, 0.2) is 0 Å². The Labute approximate surface area is 231 Å². The molecule has 35 heavy (non-hydrogen) atoms. The summed E-state index contributed by atoms with van der Waals surface area (Å²) in [6, 6.07) is 33.8. The van der Waals surface area contributed by atoms with Crippen molar-refractivity contribution in [3.63, 3.8) is 0 Å². The van der Waals surface area contributed by atoms with Crippen LogP contribution >= 0.6 is 0 Å². The van der Waals surface area contributed by atoms with Gasteiger partial charge in [0.2, 0.25) is 0 Å². The Morgan fingerprint density at radius 1 is 0.429 bits per heavy atom. The quantitative estimate of drug-likeness (QED) is 0.272. The molecule has 0 amide bonds. The first-order valence-corrected chi connectivity index (χ1v) is 10.8. The van der Waals surface area contributed by atoms with Crippen LogP contribution in [0.5, 0.6) is 0 Å². The topological polar surface area (TPSA) is 80.3 Å². The van der Waals surface area contributed by atoms with Gasteiger partial charge in [0.1, 0.15) is 0 Å². The van der Waals surface area contributed by atoms with E-state index in [1.54, 1.807) is 0 Å². The summed E-state index contributed by atoms with van der Waals surface area (Å²) < 4.78 is 0. The first-order valence-electron chi connectivity index (χ1n) is 10.8. The minimum absolute atomic E-state index is 0. The summed E-state index contributed by atoms with van der Waals surface area (Å²) in [5, 5.41) is 29.2. The summed E-state index contributed by atoms with van der Waals surface area (Å²) in [6.45, 7) is 0. The predicted molar refractivity (Wildman–Crippen MR) is 137 cm³/mol. The van der Waals surface area contributed by atoms with Gasteiger partial charge in [-0.3, -0.25) is 0 Å². The Morgan fingerprint density at radius 2 is 0.657 bits per heavy atom. The van der Waals surface area contributed by atoms with Crippen LogP contribution < -0.4 is 10.2 Å². The second-order valence-corrected chi connectivity index (χ2v) is 7.96. The summed E-state index contributed by atoms with van der Waals surface area (Å²) in [5.41, 5.74) is 0.553. The number of hydrogen-bond acceptors (Lipinski definition) is 4. The van der Waals surface area contributed by atoms with Crippen molar-refractivity contribution in [2.75, 3.05) is 0 Å². The van der Waals surface area contributed by atoms with E-state index in [9.17, 15) is 19.8 Å². The molecule has 164 valence electrons. The van der Waals surface area contributed by atoms with E-state index in [1.807, 2.05) is 109 Å². The largest absolute Gasteiger partial charge is 2.00 e. The van der Waals surface area contributed by atoms with Gasteiger partial charge in [-0.2, -0.15) is 0 Å². The van der Waals surface area contributed by atoms with Crippen LogP contribution in [0, 0.1) is 0 Å². The smallest absolute Gasteiger partial charge is 0.545 e. The number of rotatable bonds is 2. The minimum Gasteiger partial charge on any atom is -0.545 e. The van der Waals surface area contributed by atoms with Gasteiger partial charge >= 0.3 is 37.7 Å². The summed E-state index contributed by atoms with van der Waals surface area (Å²) >= 11 is 0. The summed E-state index contributed by atoms with van der Waals surface area (Å²) in [7, 11) is 0. The molecule has 6 rings (SSSR count). The number of carboxylic acids is 2. The zero-order valence-electron chi connectivity index (χ0n) is 18.7. The van der Waals surface area contributed by atoms with Gasteiger partial charge in [-0.15, -0.1) is 0 Å². The van der Waals surface area contributed by atoms with Crippen molar-refractivity contribution in [2.45, 2.75) is 0 Å². The number of benzene rings is 6. The van der Waals surface area contributed by atoms with Gasteiger partial charge in [-0.1, -0.05) is 97.1 Å². The van der Waals surface area contributed by atoms with E-state index < -0.39 is 11.9 Å². The average molecular weight is 483 g/mol. The molecule has 6 aromatic rings. The second kappa shape index (κ2) is 10.4. The van der Waals surface area contributed by atoms with Crippen LogP contribution in [0.25, 0.3) is 43.1 Å². The Balaban J connectivity index is 0.000000160. The molecular formula is C30H18CaO4. The molecule has 6 aromatic carbocycles. The monoisotopic (exact) mass is 482 g/mol. The van der Waals surface area contributed by atoms with E-state index >= 15 is 0 Å². The van der Waals surface area contributed by atoms with Gasteiger partial charge in [0, 0.05) is 11.1 Å². The third kappa shape index (κ3) is 4.73. The number of carboxylic acid groups (broad SMARTS) is 2. The molecule has 0 aliphatic heterocycles. The molecule has 0 aromatic heterocycles. The number of hydrogen-bond donors (Lipinski definition) is 0. The van der Waals surface area contributed by atoms with Crippen molar-refractivity contribution in [2.24, 2.45) is 0 Å². The molecule has 0 bridgehead atoms. The standard InChI is InChI=1S/2C15H10O2.Ca/c2*16-15(17)14-12-7-3-1-5-10(12)9-11-6-2-4-8-13(11)14;/h2*1-9H,(H,16,17);/q;;+2/p-2. The normalized spacial score (nSPS) is 10.5. The third-order valence-electron chi connectivity index (χ3n) is 5.95. The molecule has 5 heteroatoms. The van der Waals surface area contributed by atoms with Crippen molar-refractivity contribution in [3.05, 3.63) is 120 Å². The molecule has 0 heterocycles. The first-order chi connectivity index (χ1) is 16.5. The third-order valence-corrected chi connectivity index (χ3v) is 5.95. The van der Waals surface area contributed by atoms with Gasteiger partial charge in [-0.25, -0.2) is 0 Å². The fourth-order valence-corrected chi connectivity index (χ4v) is 4.47. The summed E-state index contributed by atoms with van der Waals surface area (Å²) in [6.07, 6.45) is 0. The maximum atomic E-state index is 11.3. The SMILES string of the molecule is O=C([O-])c1c2ccccc2cc2ccccc12.O=C([O-])c1c2ccccc2cc2ccccc12.[Ca+2]. The zero-order chi connectivity index (χ0) is 23.7. The summed E-state index contributed by atoms with van der Waals surface area (Å²) in [5.74, 6) is -2.25. The molecule has 0 radical (unpaired) electrons. The van der Waals surface area contributed by atoms with Crippen LogP contribution in [0.4, 0.5) is 0 Å². The molecule has 0 unspecified atom stereocenters. The molecule has 0 aliphatic carbocycles. The molecule has 0 saturated carbocycles. The fourth-order valence-electron chi connectivity index (χ4n) is 4.47. The molecule has 4 nitrogen and oxygen atoms in total. The number of carbonyl (C=O) groups excluding carboxylic acids is 2. The van der Waals surface area contributed by atoms with E-state index in [0.717, 1.165) is 43.1 Å². The Kier molecular flexibility index (Phi) is 7.36. The molecular weight excluding hydrogens is 464 g/mol. The minimum atomic E-state index is -1.13. The predicted octanol–water partition coefficient (Wildman–Crippen LogP) is 4.33. The van der Waals surface area contributed by atoms with Crippen LogP contribution in [-0.4, -0.2) is 49.7 Å². The Bertz CT molecular complexity index is 1490. The molecule has 0 saturated heterocycles. The molecule has 0 spiro atoms. The van der Waals surface area contributed by atoms with Gasteiger partial charge in [0.25, 0.3) is 0 Å². The average Bonchev–Trinajstić information content (AvgIpc) is 2.85. The van der Waals surface area contributed by atoms with E-state index in [0.29, 0.717) is 0 Å². The van der Waals surface area contributed by atoms with Crippen LogP contribution in [0.2, 0.25) is 0 Å². The van der Waals surface area contributed by atoms with Gasteiger partial charge in [0.05, 0.1) is 11.9 Å². The molecule has 0 fully saturated rings. The molecule has 0 atom stereocenters. The Hall–Kier alpha value is -3.44. The van der Waals surface area contributed by atoms with E-state index in [1.165, 1.54) is 0 Å². The molecule has 0 aliphatic rings. The van der Waals surface area contributed by atoms with E-state index in [-0.39, 0.29) is 48.9 Å². The van der Waals surface area contributed by atoms with Gasteiger partial charge < -0.3 is 19.8 Å². The van der Waals surface area contributed by atoms with E-state index in [4.69, 9.17) is 0 Å². The van der Waals surface area contributed by atoms with E-state index in [2.05, 4.69) is 0 Å². The number of carbonyl (C=O) groups is 2. The van der Waals surface area contributed by atoms with Crippen molar-refractivity contribution >= 4 is 92.8 Å². The maximum absolute atomic E-state index is 11.3. The fraction of sp³-hybridized carbons (Fsp3) is 0. The van der Waals surface area contributed by atoms with Crippen molar-refractivity contribution < 1.29 is 19.8 Å². The number of aromatic carboxylic acids is 2. The first kappa shape index (κ1) is 24.7. The zero-order valence-corrected chi connectivity index (χ0v) is 20.9.